The van der Waals surface area contributed by atoms with Crippen LogP contribution in [0.3, 0.4) is 0 Å². The highest BCUT2D eigenvalue weighted by Gasteiger charge is 2.26. The van der Waals surface area contributed by atoms with Crippen LogP contribution in [0.15, 0.2) is 12.1 Å². The van der Waals surface area contributed by atoms with Crippen molar-refractivity contribution in [2.75, 3.05) is 7.11 Å². The molecule has 0 bridgehead atoms. The molecule has 0 saturated heterocycles. The maximum atomic E-state index is 10.2. The van der Waals surface area contributed by atoms with Crippen molar-refractivity contribution >= 4 is 0 Å². The van der Waals surface area contributed by atoms with Crippen molar-refractivity contribution in [3.63, 3.8) is 0 Å². The third kappa shape index (κ3) is 2.31. The van der Waals surface area contributed by atoms with Gasteiger partial charge in [0.25, 0.3) is 0 Å². The molecule has 0 spiro atoms. The highest BCUT2D eigenvalue weighted by Crippen LogP contribution is 2.38. The fourth-order valence-electron chi connectivity index (χ4n) is 2.32. The largest absolute Gasteiger partial charge is 0.496 e. The average Bonchev–Trinajstić information content (AvgIpc) is 2.74. The average molecular weight is 251 g/mol. The predicted molar refractivity (Wildman–Crippen MR) is 70.0 cm³/mol. The van der Waals surface area contributed by atoms with Crippen LogP contribution in [0, 0.1) is 0 Å². The van der Waals surface area contributed by atoms with Gasteiger partial charge in [0.15, 0.2) is 0 Å². The van der Waals surface area contributed by atoms with Crippen LogP contribution >= 0.6 is 0 Å². The van der Waals surface area contributed by atoms with E-state index in [1.165, 1.54) is 0 Å². The lowest BCUT2D eigenvalue weighted by atomic mass is 9.97. The lowest BCUT2D eigenvalue weighted by Gasteiger charge is -2.20. The van der Waals surface area contributed by atoms with Crippen LogP contribution in [0.4, 0.5) is 0 Å². The van der Waals surface area contributed by atoms with Crippen LogP contribution in [0.2, 0.25) is 0 Å². The molecule has 0 aliphatic carbocycles. The minimum absolute atomic E-state index is 0.178. The van der Waals surface area contributed by atoms with Crippen LogP contribution in [0.1, 0.15) is 37.5 Å². The van der Waals surface area contributed by atoms with Gasteiger partial charge in [-0.15, -0.1) is 0 Å². The number of ether oxygens (including phenoxy) is 2. The fourth-order valence-corrected chi connectivity index (χ4v) is 2.32. The van der Waals surface area contributed by atoms with Gasteiger partial charge in [-0.25, -0.2) is 0 Å². The Morgan fingerprint density at radius 1 is 1.56 bits per heavy atom. The number of fused-ring (bicyclic) bond motifs is 1. The Balaban J connectivity index is 2.38. The molecular formula is C14H21NO3. The van der Waals surface area contributed by atoms with Crippen LogP contribution in [0.25, 0.3) is 0 Å². The van der Waals surface area contributed by atoms with Gasteiger partial charge in [-0.05, 0) is 25.5 Å². The third-order valence-corrected chi connectivity index (χ3v) is 3.44. The number of methoxy groups -OCH3 is 1. The van der Waals surface area contributed by atoms with E-state index in [0.717, 1.165) is 17.7 Å². The first-order valence-electron chi connectivity index (χ1n) is 6.37. The molecule has 2 rings (SSSR count). The van der Waals surface area contributed by atoms with Gasteiger partial charge in [0, 0.05) is 23.6 Å². The SMILES string of the molecule is CCC(N)C(O)c1cc2c(cc1OC)CC(C)O2. The first kappa shape index (κ1) is 13.2. The van der Waals surface area contributed by atoms with Crippen molar-refractivity contribution in [3.8, 4) is 11.5 Å². The Kier molecular flexibility index (Phi) is 3.78. The van der Waals surface area contributed by atoms with E-state index in [9.17, 15) is 5.11 Å². The number of aliphatic hydroxyl groups excluding tert-OH is 1. The summed E-state index contributed by atoms with van der Waals surface area (Å²) in [6.07, 6.45) is 1.03. The number of aliphatic hydroxyl groups is 1. The lowest BCUT2D eigenvalue weighted by Crippen LogP contribution is -2.27. The summed E-state index contributed by atoms with van der Waals surface area (Å²) in [6.45, 7) is 3.98. The van der Waals surface area contributed by atoms with E-state index < -0.39 is 6.10 Å². The summed E-state index contributed by atoms with van der Waals surface area (Å²) < 4.78 is 11.1. The van der Waals surface area contributed by atoms with Gasteiger partial charge in [-0.3, -0.25) is 0 Å². The molecule has 0 aromatic heterocycles. The maximum absolute atomic E-state index is 10.2. The summed E-state index contributed by atoms with van der Waals surface area (Å²) in [7, 11) is 1.61. The quantitative estimate of drug-likeness (QED) is 0.856. The molecule has 1 aromatic carbocycles. The molecule has 1 aliphatic rings. The van der Waals surface area contributed by atoms with E-state index in [1.807, 2.05) is 26.0 Å². The number of nitrogens with two attached hydrogens (primary N) is 1. The summed E-state index contributed by atoms with van der Waals surface area (Å²) >= 11 is 0. The molecule has 0 radical (unpaired) electrons. The predicted octanol–water partition coefficient (Wildman–Crippen LogP) is 1.79. The third-order valence-electron chi connectivity index (χ3n) is 3.44. The second kappa shape index (κ2) is 5.16. The first-order chi connectivity index (χ1) is 8.56. The standard InChI is InChI=1S/C14H21NO3/c1-4-11(15)14(16)10-7-12-9(5-8(2)18-12)6-13(10)17-3/h6-8,11,14,16H,4-5,15H2,1-3H3. The summed E-state index contributed by atoms with van der Waals surface area (Å²) in [5.41, 5.74) is 7.73. The van der Waals surface area contributed by atoms with Gasteiger partial charge in [0.2, 0.25) is 0 Å². The fraction of sp³-hybridized carbons (Fsp3) is 0.571. The van der Waals surface area contributed by atoms with Crippen LogP contribution in [-0.2, 0) is 6.42 Å². The number of hydrogen-bond acceptors (Lipinski definition) is 4. The minimum Gasteiger partial charge on any atom is -0.496 e. The molecule has 1 aromatic rings. The highest BCUT2D eigenvalue weighted by molar-refractivity contribution is 5.49. The molecule has 3 unspecified atom stereocenters. The monoisotopic (exact) mass is 251 g/mol. The van der Waals surface area contributed by atoms with Gasteiger partial charge in [0.1, 0.15) is 17.6 Å². The van der Waals surface area contributed by atoms with Crippen molar-refractivity contribution in [2.45, 2.75) is 44.9 Å². The van der Waals surface area contributed by atoms with Crippen molar-refractivity contribution in [1.82, 2.24) is 0 Å². The lowest BCUT2D eigenvalue weighted by molar-refractivity contribution is 0.140. The summed E-state index contributed by atoms with van der Waals surface area (Å²) in [5, 5.41) is 10.2. The summed E-state index contributed by atoms with van der Waals surface area (Å²) in [4.78, 5) is 0. The molecule has 3 N–H and O–H groups in total. The Bertz CT molecular complexity index is 433. The summed E-state index contributed by atoms with van der Waals surface area (Å²) in [5.74, 6) is 1.52. The van der Waals surface area contributed by atoms with Crippen molar-refractivity contribution in [2.24, 2.45) is 5.73 Å². The van der Waals surface area contributed by atoms with Crippen molar-refractivity contribution in [3.05, 3.63) is 23.3 Å². The summed E-state index contributed by atoms with van der Waals surface area (Å²) in [6, 6.07) is 3.51. The molecule has 1 heterocycles. The Hall–Kier alpha value is -1.26. The molecule has 0 saturated carbocycles. The van der Waals surface area contributed by atoms with E-state index in [4.69, 9.17) is 15.2 Å². The van der Waals surface area contributed by atoms with Crippen LogP contribution < -0.4 is 15.2 Å². The second-order valence-electron chi connectivity index (χ2n) is 4.85. The highest BCUT2D eigenvalue weighted by atomic mass is 16.5. The zero-order valence-electron chi connectivity index (χ0n) is 11.1. The molecular weight excluding hydrogens is 230 g/mol. The van der Waals surface area contributed by atoms with Crippen LogP contribution in [0.5, 0.6) is 11.5 Å². The molecule has 0 fully saturated rings. The molecule has 3 atom stereocenters. The molecule has 100 valence electrons. The number of rotatable bonds is 4. The molecule has 4 nitrogen and oxygen atoms in total. The van der Waals surface area contributed by atoms with Gasteiger partial charge in [-0.1, -0.05) is 6.92 Å². The Labute approximate surface area is 108 Å². The zero-order valence-corrected chi connectivity index (χ0v) is 11.1. The Morgan fingerprint density at radius 2 is 2.28 bits per heavy atom. The molecule has 4 heteroatoms. The Morgan fingerprint density at radius 3 is 2.89 bits per heavy atom. The molecule has 18 heavy (non-hydrogen) atoms. The number of benzene rings is 1. The van der Waals surface area contributed by atoms with E-state index in [2.05, 4.69) is 0 Å². The topological polar surface area (TPSA) is 64.7 Å². The minimum atomic E-state index is -0.727. The number of hydrogen-bond donors (Lipinski definition) is 2. The molecule has 0 amide bonds. The van der Waals surface area contributed by atoms with E-state index >= 15 is 0 Å². The molecule has 1 aliphatic heterocycles. The normalized spacial score (nSPS) is 21.1. The van der Waals surface area contributed by atoms with Crippen LogP contribution in [-0.4, -0.2) is 24.4 Å². The van der Waals surface area contributed by atoms with Gasteiger partial charge in [-0.2, -0.15) is 0 Å². The van der Waals surface area contributed by atoms with Gasteiger partial charge >= 0.3 is 0 Å². The first-order valence-corrected chi connectivity index (χ1v) is 6.37. The van der Waals surface area contributed by atoms with Crippen molar-refractivity contribution in [1.29, 1.82) is 0 Å². The smallest absolute Gasteiger partial charge is 0.125 e. The van der Waals surface area contributed by atoms with E-state index in [0.29, 0.717) is 17.7 Å². The zero-order chi connectivity index (χ0) is 13.3. The van der Waals surface area contributed by atoms with Crippen molar-refractivity contribution < 1.29 is 14.6 Å². The van der Waals surface area contributed by atoms with E-state index in [1.54, 1.807) is 7.11 Å². The van der Waals surface area contributed by atoms with Gasteiger partial charge < -0.3 is 20.3 Å². The second-order valence-corrected chi connectivity index (χ2v) is 4.85. The van der Waals surface area contributed by atoms with Gasteiger partial charge in [0.05, 0.1) is 13.2 Å². The van der Waals surface area contributed by atoms with E-state index in [-0.39, 0.29) is 12.1 Å². The maximum Gasteiger partial charge on any atom is 0.125 e.